The molecule has 9 heavy (non-hydrogen) atoms. The molecule has 1 aromatic heterocycles. The van der Waals surface area contributed by atoms with E-state index < -0.39 is 0 Å². The van der Waals surface area contributed by atoms with Crippen LogP contribution in [-0.4, -0.2) is 29.5 Å². The van der Waals surface area contributed by atoms with Gasteiger partial charge in [0.1, 0.15) is 0 Å². The van der Waals surface area contributed by atoms with Gasteiger partial charge in [0.15, 0.2) is 5.82 Å². The number of nitrogens with two attached hydrogens (primary N) is 1. The highest BCUT2D eigenvalue weighted by Crippen LogP contribution is 1.81. The summed E-state index contributed by atoms with van der Waals surface area (Å²) < 4.78 is 0. The molecule has 52 valence electrons. The monoisotopic (exact) mass is 129 g/mol. The molecule has 0 fully saturated rings. The van der Waals surface area contributed by atoms with Crippen LogP contribution in [0, 0.1) is 0 Å². The average Bonchev–Trinajstić information content (AvgIpc) is 2.20. The van der Waals surface area contributed by atoms with Crippen LogP contribution in [0.5, 0.6) is 0 Å². The molecule has 0 aliphatic rings. The molecule has 1 aromatic rings. The minimum absolute atomic E-state index is 0.426. The topological polar surface area (TPSA) is 79.6 Å². The molecular formula is C4H11N5. The smallest absolute Gasteiger partial charge is 0.165 e. The van der Waals surface area contributed by atoms with Crippen LogP contribution in [0.2, 0.25) is 0 Å². The van der Waals surface area contributed by atoms with E-state index in [-0.39, 0.29) is 0 Å². The fourth-order valence-electron chi connectivity index (χ4n) is 0.210. The van der Waals surface area contributed by atoms with Crippen molar-refractivity contribution in [2.75, 3.05) is 19.8 Å². The zero-order chi connectivity index (χ0) is 7.11. The van der Waals surface area contributed by atoms with Crippen molar-refractivity contribution in [2.45, 2.75) is 0 Å². The zero-order valence-corrected chi connectivity index (χ0v) is 5.55. The minimum Gasteiger partial charge on any atom is -0.381 e. The molecule has 0 aliphatic heterocycles. The van der Waals surface area contributed by atoms with Gasteiger partial charge < -0.3 is 11.1 Å². The summed E-state index contributed by atoms with van der Waals surface area (Å²) in [4.78, 5) is 0. The van der Waals surface area contributed by atoms with Crippen LogP contribution in [0.15, 0.2) is 6.20 Å². The first kappa shape index (κ1) is 7.90. The lowest BCUT2D eigenvalue weighted by atomic mass is 10.8. The third-order valence-electron chi connectivity index (χ3n) is 0.434. The number of anilines is 1. The summed E-state index contributed by atoms with van der Waals surface area (Å²) in [7, 11) is 3.75. The van der Waals surface area contributed by atoms with Crippen LogP contribution in [-0.2, 0) is 0 Å². The first-order valence-electron chi connectivity index (χ1n) is 2.51. The maximum absolute atomic E-state index is 5.07. The van der Waals surface area contributed by atoms with Crippen LogP contribution in [0.25, 0.3) is 0 Å². The molecule has 0 bridgehead atoms. The molecule has 0 saturated heterocycles. The Hall–Kier alpha value is -1.10. The van der Waals surface area contributed by atoms with Gasteiger partial charge in [-0.1, -0.05) is 0 Å². The van der Waals surface area contributed by atoms with Gasteiger partial charge in [-0.05, 0) is 14.1 Å². The Kier molecular flexibility index (Phi) is 4.43. The SMILES string of the molecule is CNC.Nc1cn[nH]n1. The lowest BCUT2D eigenvalue weighted by Gasteiger charge is -1.65. The summed E-state index contributed by atoms with van der Waals surface area (Å²) in [6.45, 7) is 0. The molecule has 5 nitrogen and oxygen atoms in total. The van der Waals surface area contributed by atoms with Crippen LogP contribution in [0.1, 0.15) is 0 Å². The quantitative estimate of drug-likeness (QED) is 0.429. The highest BCUT2D eigenvalue weighted by molar-refractivity contribution is 5.18. The van der Waals surface area contributed by atoms with Crippen LogP contribution < -0.4 is 11.1 Å². The average molecular weight is 129 g/mol. The second kappa shape index (κ2) is 5.04. The number of aromatic amines is 1. The molecule has 4 N–H and O–H groups in total. The van der Waals surface area contributed by atoms with E-state index in [2.05, 4.69) is 20.7 Å². The number of nitrogens with zero attached hydrogens (tertiary/aromatic N) is 2. The number of rotatable bonds is 0. The first-order chi connectivity index (χ1) is 4.31. The van der Waals surface area contributed by atoms with Gasteiger partial charge in [0.2, 0.25) is 0 Å². The first-order valence-corrected chi connectivity index (χ1v) is 2.51. The van der Waals surface area contributed by atoms with Gasteiger partial charge >= 0.3 is 0 Å². The maximum atomic E-state index is 5.07. The molecule has 0 amide bonds. The Morgan fingerprint density at radius 3 is 2.33 bits per heavy atom. The molecule has 0 unspecified atom stereocenters. The van der Waals surface area contributed by atoms with E-state index >= 15 is 0 Å². The lowest BCUT2D eigenvalue weighted by molar-refractivity contribution is 0.943. The highest BCUT2D eigenvalue weighted by Gasteiger charge is 1.76. The summed E-state index contributed by atoms with van der Waals surface area (Å²) in [5.74, 6) is 0.426. The second-order valence-electron chi connectivity index (χ2n) is 1.39. The van der Waals surface area contributed by atoms with Gasteiger partial charge in [-0.15, -0.1) is 5.10 Å². The molecular weight excluding hydrogens is 118 g/mol. The van der Waals surface area contributed by atoms with Crippen LogP contribution >= 0.6 is 0 Å². The van der Waals surface area contributed by atoms with Crippen LogP contribution in [0.3, 0.4) is 0 Å². The van der Waals surface area contributed by atoms with Crippen molar-refractivity contribution in [1.82, 2.24) is 20.7 Å². The highest BCUT2D eigenvalue weighted by atomic mass is 15.3. The molecule has 0 aliphatic carbocycles. The van der Waals surface area contributed by atoms with Crippen molar-refractivity contribution in [3.05, 3.63) is 6.20 Å². The predicted octanol–water partition coefficient (Wildman–Crippen LogP) is -0.777. The molecule has 0 aromatic carbocycles. The molecule has 0 spiro atoms. The van der Waals surface area contributed by atoms with E-state index in [4.69, 9.17) is 5.73 Å². The summed E-state index contributed by atoms with van der Waals surface area (Å²) >= 11 is 0. The number of H-pyrrole nitrogens is 1. The largest absolute Gasteiger partial charge is 0.381 e. The van der Waals surface area contributed by atoms with E-state index in [0.29, 0.717) is 5.82 Å². The Bertz CT molecular complexity index is 124. The van der Waals surface area contributed by atoms with Crippen LogP contribution in [0.4, 0.5) is 5.82 Å². The predicted molar refractivity (Wildman–Crippen MR) is 35.8 cm³/mol. The summed E-state index contributed by atoms with van der Waals surface area (Å²) in [5, 5.41) is 12.0. The number of hydrogen-bond acceptors (Lipinski definition) is 4. The van der Waals surface area contributed by atoms with Gasteiger partial charge in [0, 0.05) is 0 Å². The standard InChI is InChI=1S/C2H4N4.C2H7N/c3-2-1-4-6-5-2;1-3-2/h1H,(H3,3,4,5,6);3H,1-2H3. The van der Waals surface area contributed by atoms with Crippen molar-refractivity contribution < 1.29 is 0 Å². The van der Waals surface area contributed by atoms with E-state index in [1.807, 2.05) is 14.1 Å². The summed E-state index contributed by atoms with van der Waals surface area (Å²) in [6, 6.07) is 0. The van der Waals surface area contributed by atoms with E-state index in [1.165, 1.54) is 6.20 Å². The molecule has 5 heteroatoms. The molecule has 1 rings (SSSR count). The third kappa shape index (κ3) is 4.76. The van der Waals surface area contributed by atoms with Crippen molar-refractivity contribution in [3.63, 3.8) is 0 Å². The number of nitrogen functional groups attached to an aromatic ring is 1. The van der Waals surface area contributed by atoms with Crippen molar-refractivity contribution in [3.8, 4) is 0 Å². The Balaban J connectivity index is 0.000000187. The molecule has 1 heterocycles. The number of nitrogens with one attached hydrogen (secondary N) is 2. The van der Waals surface area contributed by atoms with Crippen molar-refractivity contribution in [1.29, 1.82) is 0 Å². The Labute approximate surface area is 53.6 Å². The molecule has 0 saturated carbocycles. The van der Waals surface area contributed by atoms with Crippen molar-refractivity contribution in [2.24, 2.45) is 0 Å². The van der Waals surface area contributed by atoms with Gasteiger partial charge in [0.05, 0.1) is 6.20 Å². The fourth-order valence-corrected chi connectivity index (χ4v) is 0.210. The summed E-state index contributed by atoms with van der Waals surface area (Å²) in [5.41, 5.74) is 5.07. The van der Waals surface area contributed by atoms with Gasteiger partial charge in [0.25, 0.3) is 0 Å². The molecule has 0 radical (unpaired) electrons. The van der Waals surface area contributed by atoms with Gasteiger partial charge in [-0.2, -0.15) is 10.3 Å². The van der Waals surface area contributed by atoms with E-state index in [9.17, 15) is 0 Å². The number of hydrogen-bond donors (Lipinski definition) is 3. The zero-order valence-electron chi connectivity index (χ0n) is 5.55. The summed E-state index contributed by atoms with van der Waals surface area (Å²) in [6.07, 6.45) is 1.44. The van der Waals surface area contributed by atoms with E-state index in [1.54, 1.807) is 0 Å². The maximum Gasteiger partial charge on any atom is 0.165 e. The third-order valence-corrected chi connectivity index (χ3v) is 0.434. The fraction of sp³-hybridized carbons (Fsp3) is 0.500. The van der Waals surface area contributed by atoms with E-state index in [0.717, 1.165) is 0 Å². The normalized spacial score (nSPS) is 7.78. The van der Waals surface area contributed by atoms with Gasteiger partial charge in [-0.25, -0.2) is 0 Å². The Morgan fingerprint density at radius 1 is 1.67 bits per heavy atom. The number of aromatic nitrogens is 3. The Morgan fingerprint density at radius 2 is 2.22 bits per heavy atom. The second-order valence-corrected chi connectivity index (χ2v) is 1.39. The van der Waals surface area contributed by atoms with Gasteiger partial charge in [-0.3, -0.25) is 0 Å². The lowest BCUT2D eigenvalue weighted by Crippen LogP contribution is -1.89. The molecule has 0 atom stereocenters. The minimum atomic E-state index is 0.426. The van der Waals surface area contributed by atoms with Crippen molar-refractivity contribution >= 4 is 5.82 Å².